The maximum atomic E-state index is 16.2. The van der Waals surface area contributed by atoms with Crippen LogP contribution in [0.3, 0.4) is 0 Å². The summed E-state index contributed by atoms with van der Waals surface area (Å²) in [6.07, 6.45) is 8.79. The molecule has 1 N–H and O–H groups in total. The van der Waals surface area contributed by atoms with Crippen molar-refractivity contribution in [2.45, 2.75) is 19.8 Å². The largest absolute Gasteiger partial charge is 0.493 e. The zero-order valence-electron chi connectivity index (χ0n) is 24.1. The van der Waals surface area contributed by atoms with Crippen LogP contribution in [0.15, 0.2) is 48.9 Å². The molecule has 1 fully saturated rings. The van der Waals surface area contributed by atoms with Gasteiger partial charge in [-0.1, -0.05) is 13.0 Å². The van der Waals surface area contributed by atoms with E-state index in [4.69, 9.17) is 4.74 Å². The van der Waals surface area contributed by atoms with Gasteiger partial charge in [0.15, 0.2) is 17.4 Å². The minimum Gasteiger partial charge on any atom is -0.493 e. The van der Waals surface area contributed by atoms with Crippen molar-refractivity contribution in [3.05, 3.63) is 77.4 Å². The topological polar surface area (TPSA) is 94.7 Å². The monoisotopic (exact) mass is 586 g/mol. The van der Waals surface area contributed by atoms with Gasteiger partial charge in [0.25, 0.3) is 5.91 Å². The van der Waals surface area contributed by atoms with E-state index in [1.807, 2.05) is 23.1 Å². The number of carbonyl (C=O) groups is 2. The molecule has 0 saturated carbocycles. The summed E-state index contributed by atoms with van der Waals surface area (Å²) in [7, 11) is 1.46. The summed E-state index contributed by atoms with van der Waals surface area (Å²) in [5, 5.41) is 0.592. The number of pyridine rings is 2. The maximum absolute atomic E-state index is 16.2. The minimum absolute atomic E-state index is 0.241. The van der Waals surface area contributed by atoms with Gasteiger partial charge in [-0.2, -0.15) is 0 Å². The lowest BCUT2D eigenvalue weighted by Gasteiger charge is -2.35. The fourth-order valence-electron chi connectivity index (χ4n) is 5.95. The van der Waals surface area contributed by atoms with Crippen LogP contribution >= 0.6 is 0 Å². The van der Waals surface area contributed by atoms with Gasteiger partial charge >= 0.3 is 0 Å². The van der Waals surface area contributed by atoms with Crippen LogP contribution in [0.25, 0.3) is 27.6 Å². The molecule has 2 amide bonds. The first-order valence-electron chi connectivity index (χ1n) is 14.3. The smallest absolute Gasteiger partial charge is 0.270 e. The molecule has 0 bridgehead atoms. The van der Waals surface area contributed by atoms with Crippen molar-refractivity contribution in [2.24, 2.45) is 0 Å². The van der Waals surface area contributed by atoms with E-state index in [-0.39, 0.29) is 17.1 Å². The number of fused-ring (bicyclic) bond motifs is 1. The number of hydrogen-bond donors (Lipinski definition) is 1. The number of ether oxygens (including phenoxy) is 1. The van der Waals surface area contributed by atoms with E-state index in [2.05, 4.69) is 21.9 Å². The number of anilines is 1. The molecule has 0 aliphatic carbocycles. The Morgan fingerprint density at radius 1 is 1.07 bits per heavy atom. The predicted octanol–water partition coefficient (Wildman–Crippen LogP) is 4.68. The highest BCUT2D eigenvalue weighted by molar-refractivity contribution is 6.05. The van der Waals surface area contributed by atoms with Gasteiger partial charge in [0.2, 0.25) is 6.41 Å². The molecule has 2 aliphatic heterocycles. The first-order chi connectivity index (χ1) is 20.9. The molecule has 6 rings (SSSR count). The van der Waals surface area contributed by atoms with E-state index in [9.17, 15) is 14.0 Å². The fraction of sp³-hybridized carbons (Fsp3) is 0.312. The Hall–Kier alpha value is -4.80. The number of aromatic amines is 1. The molecule has 0 unspecified atom stereocenters. The van der Waals surface area contributed by atoms with Crippen LogP contribution in [-0.4, -0.2) is 83.4 Å². The number of carbonyl (C=O) groups excluding carboxylic acids is 2. The second kappa shape index (κ2) is 11.8. The number of amides is 2. The van der Waals surface area contributed by atoms with E-state index in [0.717, 1.165) is 41.3 Å². The molecule has 3 aromatic heterocycles. The number of rotatable bonds is 7. The third-order valence-electron chi connectivity index (χ3n) is 8.23. The van der Waals surface area contributed by atoms with E-state index >= 15 is 4.39 Å². The summed E-state index contributed by atoms with van der Waals surface area (Å²) in [6.45, 7) is 4.69. The third kappa shape index (κ3) is 5.31. The van der Waals surface area contributed by atoms with Crippen molar-refractivity contribution in [1.82, 2.24) is 24.8 Å². The van der Waals surface area contributed by atoms with Crippen LogP contribution in [0.1, 0.15) is 35.0 Å². The second-order valence-corrected chi connectivity index (χ2v) is 10.7. The molecule has 0 atom stereocenters. The highest BCUT2D eigenvalue weighted by atomic mass is 19.1. The van der Waals surface area contributed by atoms with Crippen molar-refractivity contribution < 1.29 is 23.1 Å². The van der Waals surface area contributed by atoms with Crippen molar-refractivity contribution in [3.63, 3.8) is 0 Å². The first-order valence-corrected chi connectivity index (χ1v) is 14.3. The van der Waals surface area contributed by atoms with Gasteiger partial charge < -0.3 is 24.4 Å². The molecule has 0 radical (unpaired) electrons. The van der Waals surface area contributed by atoms with Crippen molar-refractivity contribution >= 4 is 34.6 Å². The van der Waals surface area contributed by atoms with Crippen molar-refractivity contribution in [2.75, 3.05) is 51.3 Å². The van der Waals surface area contributed by atoms with Gasteiger partial charge in [0, 0.05) is 74.2 Å². The quantitative estimate of drug-likeness (QED) is 0.316. The zero-order valence-corrected chi connectivity index (χ0v) is 24.1. The number of piperazine rings is 1. The predicted molar refractivity (Wildman–Crippen MR) is 160 cm³/mol. The molecule has 9 nitrogen and oxygen atoms in total. The van der Waals surface area contributed by atoms with E-state index in [1.54, 1.807) is 28.3 Å². The third-order valence-corrected chi connectivity index (χ3v) is 8.23. The average Bonchev–Trinajstić information content (AvgIpc) is 3.51. The number of aromatic nitrogens is 3. The summed E-state index contributed by atoms with van der Waals surface area (Å²) in [4.78, 5) is 42.1. The molecule has 2 aliphatic rings. The standard InChI is InChI=1S/C32H32F2N6O3/c1-3-20-6-7-35-17-26(20)24-14-23(21-5-4-8-38(18-21)19-41)29(34)30-25(24)15-27(37-30)32(42)40-11-9-39(10-12-40)31-28(43-2)13-22(33)16-36-31/h5-7,13-17,19,37H,3-4,8-12,18H2,1-2H3. The number of halogens is 2. The normalized spacial score (nSPS) is 15.5. The summed E-state index contributed by atoms with van der Waals surface area (Å²) in [6, 6.07) is 6.77. The van der Waals surface area contributed by atoms with Crippen LogP contribution in [0.5, 0.6) is 5.75 Å². The summed E-state index contributed by atoms with van der Waals surface area (Å²) >= 11 is 0. The lowest BCUT2D eigenvalue weighted by atomic mass is 9.92. The number of hydrogen-bond acceptors (Lipinski definition) is 6. The SMILES string of the molecule is CCc1ccncc1-c1cc(C2=CCCN(C=O)C2)c(F)c2[nH]c(C(=O)N3CCN(c4ncc(F)cc4OC)CC3)cc12. The Balaban J connectivity index is 1.35. The summed E-state index contributed by atoms with van der Waals surface area (Å²) in [5.41, 5.74) is 4.34. The molecule has 1 saturated heterocycles. The van der Waals surface area contributed by atoms with Crippen LogP contribution < -0.4 is 9.64 Å². The van der Waals surface area contributed by atoms with Gasteiger partial charge in [0.1, 0.15) is 11.5 Å². The molecule has 11 heteroatoms. The number of H-pyrrole nitrogens is 1. The number of aryl methyl sites for hydroxylation is 1. The average molecular weight is 587 g/mol. The highest BCUT2D eigenvalue weighted by Gasteiger charge is 2.28. The lowest BCUT2D eigenvalue weighted by Crippen LogP contribution is -2.49. The second-order valence-electron chi connectivity index (χ2n) is 10.7. The number of methoxy groups -OCH3 is 1. The Morgan fingerprint density at radius 2 is 1.88 bits per heavy atom. The van der Waals surface area contributed by atoms with E-state index in [1.165, 1.54) is 13.2 Å². The zero-order chi connectivity index (χ0) is 30.1. The molecule has 5 heterocycles. The van der Waals surface area contributed by atoms with E-state index in [0.29, 0.717) is 68.2 Å². The van der Waals surface area contributed by atoms with Crippen LogP contribution in [0.2, 0.25) is 0 Å². The minimum atomic E-state index is -0.485. The lowest BCUT2D eigenvalue weighted by molar-refractivity contribution is -0.117. The Bertz CT molecular complexity index is 1730. The molecule has 222 valence electrons. The first kappa shape index (κ1) is 28.3. The summed E-state index contributed by atoms with van der Waals surface area (Å²) < 4.78 is 35.2. The molecule has 4 aromatic rings. The fourth-order valence-corrected chi connectivity index (χ4v) is 5.95. The van der Waals surface area contributed by atoms with Gasteiger partial charge in [0.05, 0.1) is 18.8 Å². The molecular formula is C32H32F2N6O3. The molecule has 1 aromatic carbocycles. The number of nitrogens with one attached hydrogen (secondary N) is 1. The number of nitrogens with zero attached hydrogens (tertiary/aromatic N) is 5. The van der Waals surface area contributed by atoms with Gasteiger partial charge in [-0.05, 0) is 47.7 Å². The van der Waals surface area contributed by atoms with Crippen molar-refractivity contribution in [3.8, 4) is 16.9 Å². The van der Waals surface area contributed by atoms with Gasteiger partial charge in [-0.3, -0.25) is 14.6 Å². The van der Waals surface area contributed by atoms with Crippen molar-refractivity contribution in [1.29, 1.82) is 0 Å². The maximum Gasteiger partial charge on any atom is 0.270 e. The molecule has 43 heavy (non-hydrogen) atoms. The molecule has 0 spiro atoms. The van der Waals surface area contributed by atoms with Crippen LogP contribution in [-0.2, 0) is 11.2 Å². The highest BCUT2D eigenvalue weighted by Crippen LogP contribution is 2.38. The number of benzene rings is 1. The summed E-state index contributed by atoms with van der Waals surface area (Å²) in [5.74, 6) is -0.332. The Labute approximate surface area is 247 Å². The van der Waals surface area contributed by atoms with Crippen LogP contribution in [0.4, 0.5) is 14.6 Å². The van der Waals surface area contributed by atoms with Crippen LogP contribution in [0, 0.1) is 11.6 Å². The molecular weight excluding hydrogens is 554 g/mol. The van der Waals surface area contributed by atoms with Gasteiger partial charge in [-0.15, -0.1) is 0 Å². The Kier molecular flexibility index (Phi) is 7.79. The Morgan fingerprint density at radius 3 is 2.63 bits per heavy atom. The van der Waals surface area contributed by atoms with Gasteiger partial charge in [-0.25, -0.2) is 13.8 Å². The van der Waals surface area contributed by atoms with E-state index < -0.39 is 11.6 Å².